The quantitative estimate of drug-likeness (QED) is 0.575. The minimum atomic E-state index is -0.459. The van der Waals surface area contributed by atoms with E-state index < -0.39 is 5.97 Å². The molecule has 2 heterocycles. The number of aromatic nitrogens is 3. The van der Waals surface area contributed by atoms with Crippen LogP contribution in [0.1, 0.15) is 17.4 Å². The molecule has 0 unspecified atom stereocenters. The van der Waals surface area contributed by atoms with Gasteiger partial charge in [-0.1, -0.05) is 11.6 Å². The molecule has 5 nitrogen and oxygen atoms in total. The van der Waals surface area contributed by atoms with Crippen molar-refractivity contribution in [1.82, 2.24) is 14.4 Å². The number of halogens is 1. The molecule has 0 aliphatic carbocycles. The molecule has 0 atom stereocenters. The Hall–Kier alpha value is -1.62. The predicted molar refractivity (Wildman–Crippen MR) is 54.0 cm³/mol. The third-order valence-electron chi connectivity index (χ3n) is 1.78. The lowest BCUT2D eigenvalue weighted by atomic mass is 10.5. The van der Waals surface area contributed by atoms with Crippen molar-refractivity contribution in [1.29, 1.82) is 0 Å². The average Bonchev–Trinajstić information content (AvgIpc) is 2.60. The SMILES string of the molecule is CCOC(=O)c1cn2ccc(Cl)nc2n1. The fourth-order valence-electron chi connectivity index (χ4n) is 1.15. The maximum Gasteiger partial charge on any atom is 0.358 e. The van der Waals surface area contributed by atoms with E-state index in [1.165, 1.54) is 0 Å². The summed E-state index contributed by atoms with van der Waals surface area (Å²) in [4.78, 5) is 19.3. The Labute approximate surface area is 90.7 Å². The van der Waals surface area contributed by atoms with E-state index >= 15 is 0 Å². The molecule has 0 aliphatic heterocycles. The maximum atomic E-state index is 11.3. The van der Waals surface area contributed by atoms with E-state index in [2.05, 4.69) is 9.97 Å². The molecule has 0 N–H and O–H groups in total. The molecule has 0 amide bonds. The van der Waals surface area contributed by atoms with Gasteiger partial charge in [0.1, 0.15) is 5.15 Å². The van der Waals surface area contributed by atoms with Crippen molar-refractivity contribution in [2.45, 2.75) is 6.92 Å². The zero-order chi connectivity index (χ0) is 10.8. The topological polar surface area (TPSA) is 56.5 Å². The highest BCUT2D eigenvalue weighted by molar-refractivity contribution is 6.29. The van der Waals surface area contributed by atoms with Crippen LogP contribution in [0.15, 0.2) is 18.5 Å². The molecule has 2 aromatic rings. The lowest BCUT2D eigenvalue weighted by Gasteiger charge is -1.94. The van der Waals surface area contributed by atoms with E-state index in [0.717, 1.165) is 0 Å². The monoisotopic (exact) mass is 225 g/mol. The van der Waals surface area contributed by atoms with Crippen LogP contribution in [-0.4, -0.2) is 26.9 Å². The van der Waals surface area contributed by atoms with Gasteiger partial charge in [-0.15, -0.1) is 0 Å². The van der Waals surface area contributed by atoms with Gasteiger partial charge >= 0.3 is 5.97 Å². The zero-order valence-corrected chi connectivity index (χ0v) is 8.73. The van der Waals surface area contributed by atoms with E-state index in [-0.39, 0.29) is 5.69 Å². The van der Waals surface area contributed by atoms with Crippen molar-refractivity contribution in [2.24, 2.45) is 0 Å². The number of hydrogen-bond acceptors (Lipinski definition) is 4. The smallest absolute Gasteiger partial charge is 0.358 e. The van der Waals surface area contributed by atoms with Gasteiger partial charge in [-0.25, -0.2) is 14.8 Å². The molecule has 0 aliphatic rings. The molecular weight excluding hydrogens is 218 g/mol. The van der Waals surface area contributed by atoms with Crippen molar-refractivity contribution in [3.8, 4) is 0 Å². The van der Waals surface area contributed by atoms with E-state index in [1.807, 2.05) is 0 Å². The lowest BCUT2D eigenvalue weighted by molar-refractivity contribution is 0.0520. The lowest BCUT2D eigenvalue weighted by Crippen LogP contribution is -2.04. The first-order chi connectivity index (χ1) is 7.20. The molecule has 0 saturated heterocycles. The standard InChI is InChI=1S/C9H8ClN3O2/c1-2-15-8(14)6-5-13-4-3-7(10)12-9(13)11-6/h3-5H,2H2,1H3. The number of esters is 1. The zero-order valence-electron chi connectivity index (χ0n) is 7.98. The van der Waals surface area contributed by atoms with Gasteiger partial charge in [-0.2, -0.15) is 0 Å². The summed E-state index contributed by atoms with van der Waals surface area (Å²) >= 11 is 5.69. The Bertz CT molecular complexity index is 509. The van der Waals surface area contributed by atoms with Crippen molar-refractivity contribution >= 4 is 23.3 Å². The van der Waals surface area contributed by atoms with E-state index in [4.69, 9.17) is 16.3 Å². The third kappa shape index (κ3) is 1.92. The number of fused-ring (bicyclic) bond motifs is 1. The first kappa shape index (κ1) is 9.92. The number of carbonyl (C=O) groups excluding carboxylic acids is 1. The van der Waals surface area contributed by atoms with E-state index in [0.29, 0.717) is 17.5 Å². The summed E-state index contributed by atoms with van der Waals surface area (Å²) in [5.41, 5.74) is 0.228. The molecule has 0 spiro atoms. The Morgan fingerprint density at radius 3 is 3.13 bits per heavy atom. The van der Waals surface area contributed by atoms with Gasteiger partial charge in [0.2, 0.25) is 5.78 Å². The van der Waals surface area contributed by atoms with Crippen LogP contribution in [0.2, 0.25) is 5.15 Å². The Balaban J connectivity index is 2.42. The van der Waals surface area contributed by atoms with Gasteiger partial charge < -0.3 is 4.74 Å². The molecule has 2 rings (SSSR count). The van der Waals surface area contributed by atoms with Gasteiger partial charge in [0.15, 0.2) is 5.69 Å². The summed E-state index contributed by atoms with van der Waals surface area (Å²) in [5.74, 6) is -0.0790. The first-order valence-electron chi connectivity index (χ1n) is 4.39. The van der Waals surface area contributed by atoms with E-state index in [1.54, 1.807) is 29.8 Å². The summed E-state index contributed by atoms with van der Waals surface area (Å²) < 4.78 is 6.42. The number of imidazole rings is 1. The third-order valence-corrected chi connectivity index (χ3v) is 1.99. The number of nitrogens with zero attached hydrogens (tertiary/aromatic N) is 3. The molecule has 6 heteroatoms. The molecule has 0 aromatic carbocycles. The van der Waals surface area contributed by atoms with Crippen LogP contribution in [0.25, 0.3) is 5.78 Å². The maximum absolute atomic E-state index is 11.3. The summed E-state index contributed by atoms with van der Waals surface area (Å²) in [6, 6.07) is 1.62. The summed E-state index contributed by atoms with van der Waals surface area (Å²) in [7, 11) is 0. The highest BCUT2D eigenvalue weighted by Crippen LogP contribution is 2.08. The molecule has 0 radical (unpaired) electrons. The van der Waals surface area contributed by atoms with Crippen LogP contribution in [0, 0.1) is 0 Å². The molecule has 78 valence electrons. The summed E-state index contributed by atoms with van der Waals surface area (Å²) in [5, 5.41) is 0.337. The van der Waals surface area contributed by atoms with Crippen LogP contribution >= 0.6 is 11.6 Å². The fraction of sp³-hybridized carbons (Fsp3) is 0.222. The van der Waals surface area contributed by atoms with Crippen molar-refractivity contribution in [3.05, 3.63) is 29.3 Å². The summed E-state index contributed by atoms with van der Waals surface area (Å²) in [6.45, 7) is 2.06. The van der Waals surface area contributed by atoms with Gasteiger partial charge in [0.25, 0.3) is 0 Å². The number of rotatable bonds is 2. The van der Waals surface area contributed by atoms with Crippen LogP contribution in [0.4, 0.5) is 0 Å². The Kier molecular flexibility index (Phi) is 2.55. The average molecular weight is 226 g/mol. The second-order valence-electron chi connectivity index (χ2n) is 2.80. The summed E-state index contributed by atoms with van der Waals surface area (Å²) in [6.07, 6.45) is 3.23. The normalized spacial score (nSPS) is 10.5. The Morgan fingerprint density at radius 2 is 2.40 bits per heavy atom. The second kappa shape index (κ2) is 3.86. The first-order valence-corrected chi connectivity index (χ1v) is 4.77. The molecule has 2 aromatic heterocycles. The van der Waals surface area contributed by atoms with Crippen LogP contribution < -0.4 is 0 Å². The minimum absolute atomic E-state index is 0.228. The molecule has 0 fully saturated rings. The molecule has 15 heavy (non-hydrogen) atoms. The van der Waals surface area contributed by atoms with Crippen molar-refractivity contribution in [2.75, 3.05) is 6.61 Å². The highest BCUT2D eigenvalue weighted by atomic mass is 35.5. The van der Waals surface area contributed by atoms with Crippen molar-refractivity contribution < 1.29 is 9.53 Å². The van der Waals surface area contributed by atoms with Gasteiger partial charge in [-0.05, 0) is 13.0 Å². The predicted octanol–water partition coefficient (Wildman–Crippen LogP) is 1.56. The Morgan fingerprint density at radius 1 is 1.60 bits per heavy atom. The van der Waals surface area contributed by atoms with Crippen LogP contribution in [0.5, 0.6) is 0 Å². The largest absolute Gasteiger partial charge is 0.461 e. The van der Waals surface area contributed by atoms with Crippen LogP contribution in [0.3, 0.4) is 0 Å². The van der Waals surface area contributed by atoms with Gasteiger partial charge in [0.05, 0.1) is 6.61 Å². The number of hydrogen-bond donors (Lipinski definition) is 0. The highest BCUT2D eigenvalue weighted by Gasteiger charge is 2.11. The minimum Gasteiger partial charge on any atom is -0.461 e. The van der Waals surface area contributed by atoms with Crippen molar-refractivity contribution in [3.63, 3.8) is 0 Å². The molecule has 0 bridgehead atoms. The molecular formula is C9H8ClN3O2. The van der Waals surface area contributed by atoms with Gasteiger partial charge in [0, 0.05) is 12.4 Å². The molecule has 0 saturated carbocycles. The number of ether oxygens (including phenoxy) is 1. The van der Waals surface area contributed by atoms with Gasteiger partial charge in [-0.3, -0.25) is 4.40 Å². The second-order valence-corrected chi connectivity index (χ2v) is 3.19. The number of carbonyl (C=O) groups is 1. The van der Waals surface area contributed by atoms with Crippen LogP contribution in [-0.2, 0) is 4.74 Å². The van der Waals surface area contributed by atoms with E-state index in [9.17, 15) is 4.79 Å². The fourth-order valence-corrected chi connectivity index (χ4v) is 1.29.